The molecule has 2 heterocycles. The Hall–Kier alpha value is -0.586. The van der Waals surface area contributed by atoms with Crippen LogP contribution in [0.1, 0.15) is 0 Å². The van der Waals surface area contributed by atoms with Crippen LogP contribution in [-0.2, 0) is 39.4 Å². The van der Waals surface area contributed by atoms with Crippen LogP contribution in [0.5, 0.6) is 0 Å². The topological polar surface area (TPSA) is 83.8 Å². The van der Waals surface area contributed by atoms with Crippen molar-refractivity contribution in [3.05, 3.63) is 22.9 Å². The fourth-order valence-electron chi connectivity index (χ4n) is 1.01. The SMILES string of the molecule is O=c1[nH]cnc2c1cnn2CO.[Y]. The molecule has 0 saturated heterocycles. The summed E-state index contributed by atoms with van der Waals surface area (Å²) in [6.45, 7) is -0.278. The number of nitrogens with zero attached hydrogens (tertiary/aromatic N) is 3. The van der Waals surface area contributed by atoms with E-state index < -0.39 is 0 Å². The predicted molar refractivity (Wildman–Crippen MR) is 40.4 cm³/mol. The zero-order chi connectivity index (χ0) is 8.55. The maximum absolute atomic E-state index is 11.1. The molecule has 0 spiro atoms. The molecule has 0 aliphatic rings. The van der Waals surface area contributed by atoms with Gasteiger partial charge in [0.1, 0.15) is 12.1 Å². The molecule has 2 N–H and O–H groups in total. The molecule has 1 radical (unpaired) electrons. The van der Waals surface area contributed by atoms with Crippen LogP contribution in [0.15, 0.2) is 17.3 Å². The molecule has 0 amide bonds. The van der Waals surface area contributed by atoms with Crippen LogP contribution in [0.4, 0.5) is 0 Å². The van der Waals surface area contributed by atoms with Crippen LogP contribution in [0.3, 0.4) is 0 Å². The number of H-pyrrole nitrogens is 1. The fraction of sp³-hybridized carbons (Fsp3) is 0.167. The van der Waals surface area contributed by atoms with Gasteiger partial charge in [0.2, 0.25) is 0 Å². The zero-order valence-electron chi connectivity index (χ0n) is 6.64. The number of hydrogen-bond acceptors (Lipinski definition) is 4. The van der Waals surface area contributed by atoms with Gasteiger partial charge in [-0.1, -0.05) is 0 Å². The first-order valence-electron chi connectivity index (χ1n) is 3.33. The van der Waals surface area contributed by atoms with Crippen molar-refractivity contribution >= 4 is 11.0 Å². The Kier molecular flexibility index (Phi) is 3.30. The largest absolute Gasteiger partial charge is 0.374 e. The van der Waals surface area contributed by atoms with Gasteiger partial charge in [0.05, 0.1) is 12.5 Å². The van der Waals surface area contributed by atoms with Crippen molar-refractivity contribution in [1.29, 1.82) is 0 Å². The minimum Gasteiger partial charge on any atom is -0.374 e. The van der Waals surface area contributed by atoms with E-state index in [1.807, 2.05) is 0 Å². The first kappa shape index (κ1) is 10.5. The van der Waals surface area contributed by atoms with E-state index in [1.165, 1.54) is 17.2 Å². The van der Waals surface area contributed by atoms with Gasteiger partial charge in [-0.15, -0.1) is 0 Å². The van der Waals surface area contributed by atoms with Gasteiger partial charge in [-0.2, -0.15) is 5.10 Å². The molecule has 0 fully saturated rings. The molecule has 0 aliphatic heterocycles. The van der Waals surface area contributed by atoms with E-state index in [-0.39, 0.29) is 45.0 Å². The van der Waals surface area contributed by atoms with Crippen molar-refractivity contribution in [3.8, 4) is 0 Å². The Bertz CT molecular complexity index is 463. The standard InChI is InChI=1S/C6H6N4O2.Y/c11-3-10-5-4(1-9-10)6(12)8-2-7-5;/h1-2,11H,3H2,(H,7,8,12);. The van der Waals surface area contributed by atoms with Crippen LogP contribution in [0.2, 0.25) is 0 Å². The van der Waals surface area contributed by atoms with Crippen molar-refractivity contribution in [2.45, 2.75) is 6.73 Å². The van der Waals surface area contributed by atoms with Crippen LogP contribution >= 0.6 is 0 Å². The monoisotopic (exact) mass is 255 g/mol. The molecule has 2 aromatic rings. The maximum Gasteiger partial charge on any atom is 0.261 e. The van der Waals surface area contributed by atoms with Crippen molar-refractivity contribution in [2.75, 3.05) is 0 Å². The van der Waals surface area contributed by atoms with Gasteiger partial charge in [0, 0.05) is 32.7 Å². The number of fused-ring (bicyclic) bond motifs is 1. The van der Waals surface area contributed by atoms with Gasteiger partial charge in [0.25, 0.3) is 5.56 Å². The van der Waals surface area contributed by atoms with Crippen LogP contribution < -0.4 is 5.56 Å². The zero-order valence-corrected chi connectivity index (χ0v) is 9.47. The van der Waals surface area contributed by atoms with Crippen molar-refractivity contribution < 1.29 is 37.8 Å². The molecular formula is C6H6N4O2Y. The Morgan fingerprint density at radius 2 is 2.38 bits per heavy atom. The van der Waals surface area contributed by atoms with Crippen LogP contribution in [0, 0.1) is 0 Å². The number of aromatic amines is 1. The molecule has 0 saturated carbocycles. The number of rotatable bonds is 1. The Labute approximate surface area is 97.9 Å². The summed E-state index contributed by atoms with van der Waals surface area (Å²) >= 11 is 0. The van der Waals surface area contributed by atoms with Gasteiger partial charge in [-0.3, -0.25) is 4.79 Å². The third kappa shape index (κ3) is 1.70. The number of aromatic nitrogens is 4. The third-order valence-corrected chi connectivity index (χ3v) is 1.57. The van der Waals surface area contributed by atoms with E-state index in [1.54, 1.807) is 0 Å². The van der Waals surface area contributed by atoms with E-state index in [2.05, 4.69) is 15.1 Å². The maximum atomic E-state index is 11.1. The molecular weight excluding hydrogens is 249 g/mol. The summed E-state index contributed by atoms with van der Waals surface area (Å²) < 4.78 is 1.24. The normalized spacial score (nSPS) is 9.92. The van der Waals surface area contributed by atoms with Crippen molar-refractivity contribution in [2.24, 2.45) is 0 Å². The second-order valence-corrected chi connectivity index (χ2v) is 2.25. The smallest absolute Gasteiger partial charge is 0.261 e. The van der Waals surface area contributed by atoms with Gasteiger partial charge in [-0.25, -0.2) is 9.67 Å². The first-order valence-corrected chi connectivity index (χ1v) is 3.33. The average molecular weight is 255 g/mol. The summed E-state index contributed by atoms with van der Waals surface area (Å²) in [5, 5.41) is 12.9. The molecule has 0 aromatic carbocycles. The van der Waals surface area contributed by atoms with E-state index in [4.69, 9.17) is 5.11 Å². The Morgan fingerprint density at radius 1 is 1.62 bits per heavy atom. The fourth-order valence-corrected chi connectivity index (χ4v) is 1.01. The number of aliphatic hydroxyl groups excluding tert-OH is 1. The quantitative estimate of drug-likeness (QED) is 0.689. The first-order chi connectivity index (χ1) is 5.83. The second-order valence-electron chi connectivity index (χ2n) is 2.25. The summed E-state index contributed by atoms with van der Waals surface area (Å²) in [6.07, 6.45) is 2.65. The van der Waals surface area contributed by atoms with Crippen molar-refractivity contribution in [3.63, 3.8) is 0 Å². The van der Waals surface area contributed by atoms with Gasteiger partial charge in [-0.05, 0) is 0 Å². The van der Waals surface area contributed by atoms with Crippen molar-refractivity contribution in [1.82, 2.24) is 19.7 Å². The molecule has 6 nitrogen and oxygen atoms in total. The molecule has 65 valence electrons. The molecule has 0 atom stereocenters. The number of aliphatic hydroxyl groups is 1. The van der Waals surface area contributed by atoms with Crippen LogP contribution in [-0.4, -0.2) is 24.9 Å². The van der Waals surface area contributed by atoms with Crippen LogP contribution in [0.25, 0.3) is 11.0 Å². The summed E-state index contributed by atoms with van der Waals surface area (Å²) in [4.78, 5) is 17.3. The molecule has 2 aromatic heterocycles. The second kappa shape index (κ2) is 4.08. The summed E-state index contributed by atoms with van der Waals surface area (Å²) in [7, 11) is 0. The Balaban J connectivity index is 0.000000845. The van der Waals surface area contributed by atoms with Gasteiger partial charge >= 0.3 is 0 Å². The number of nitrogens with one attached hydrogen (secondary N) is 1. The predicted octanol–water partition coefficient (Wildman–Crippen LogP) is -0.933. The number of hydrogen-bond donors (Lipinski definition) is 2. The minimum absolute atomic E-state index is 0. The van der Waals surface area contributed by atoms with E-state index in [9.17, 15) is 4.79 Å². The Morgan fingerprint density at radius 3 is 3.08 bits per heavy atom. The molecule has 0 unspecified atom stereocenters. The summed E-state index contributed by atoms with van der Waals surface area (Å²) in [5.41, 5.74) is 0.140. The summed E-state index contributed by atoms with van der Waals surface area (Å²) in [5.74, 6) is 0. The molecule has 0 aliphatic carbocycles. The van der Waals surface area contributed by atoms with E-state index >= 15 is 0 Å². The van der Waals surface area contributed by atoms with E-state index in [0.717, 1.165) is 0 Å². The summed E-state index contributed by atoms with van der Waals surface area (Å²) in [6, 6.07) is 0. The van der Waals surface area contributed by atoms with Gasteiger partial charge in [0.15, 0.2) is 5.65 Å². The third-order valence-electron chi connectivity index (χ3n) is 1.57. The minimum atomic E-state index is -0.278. The molecule has 13 heavy (non-hydrogen) atoms. The van der Waals surface area contributed by atoms with E-state index in [0.29, 0.717) is 11.0 Å². The molecule has 0 bridgehead atoms. The molecule has 2 rings (SSSR count). The molecule has 7 heteroatoms. The van der Waals surface area contributed by atoms with Gasteiger partial charge < -0.3 is 10.1 Å². The average Bonchev–Trinajstić information content (AvgIpc) is 2.49.